The number of aromatic nitrogens is 1. The summed E-state index contributed by atoms with van der Waals surface area (Å²) in [5.41, 5.74) is 0.621. The van der Waals surface area contributed by atoms with Gasteiger partial charge in [0.05, 0.1) is 30.9 Å². The van der Waals surface area contributed by atoms with Crippen molar-refractivity contribution in [1.29, 1.82) is 0 Å². The summed E-state index contributed by atoms with van der Waals surface area (Å²) >= 11 is 0. The third-order valence-corrected chi connectivity index (χ3v) is 6.50. The molecule has 9 nitrogen and oxygen atoms in total. The Morgan fingerprint density at radius 1 is 1.15 bits per heavy atom. The minimum atomic E-state index is -3.19. The molecule has 0 radical (unpaired) electrons. The second-order valence-corrected chi connectivity index (χ2v) is 8.48. The SMILES string of the molecule is CCS(=O)(=O)N1CCN(C(=O)Nc2ccc(N3CCOCC3)nc2)CC1. The highest BCUT2D eigenvalue weighted by atomic mass is 32.2. The van der Waals surface area contributed by atoms with Crippen LogP contribution in [0.3, 0.4) is 0 Å². The molecule has 0 atom stereocenters. The van der Waals surface area contributed by atoms with E-state index in [-0.39, 0.29) is 11.8 Å². The smallest absolute Gasteiger partial charge is 0.321 e. The molecule has 3 rings (SSSR count). The third kappa shape index (κ3) is 4.43. The second kappa shape index (κ2) is 8.19. The van der Waals surface area contributed by atoms with E-state index in [0.717, 1.165) is 18.9 Å². The summed E-state index contributed by atoms with van der Waals surface area (Å²) < 4.78 is 30.5. The van der Waals surface area contributed by atoms with Crippen LogP contribution in [-0.4, -0.2) is 86.9 Å². The summed E-state index contributed by atoms with van der Waals surface area (Å²) in [5, 5.41) is 2.82. The highest BCUT2D eigenvalue weighted by Crippen LogP contribution is 2.16. The van der Waals surface area contributed by atoms with Gasteiger partial charge in [0, 0.05) is 39.3 Å². The molecule has 2 fully saturated rings. The molecule has 2 aliphatic rings. The van der Waals surface area contributed by atoms with E-state index >= 15 is 0 Å². The third-order valence-electron chi connectivity index (χ3n) is 4.62. The lowest BCUT2D eigenvalue weighted by molar-refractivity contribution is 0.122. The Balaban J connectivity index is 1.52. The van der Waals surface area contributed by atoms with Crippen LogP contribution >= 0.6 is 0 Å². The Bertz CT molecular complexity index is 711. The number of sulfonamides is 1. The Morgan fingerprint density at radius 3 is 2.42 bits per heavy atom. The van der Waals surface area contributed by atoms with Crippen molar-refractivity contribution in [1.82, 2.24) is 14.2 Å². The highest BCUT2D eigenvalue weighted by molar-refractivity contribution is 7.89. The van der Waals surface area contributed by atoms with Crippen LogP contribution in [0.4, 0.5) is 16.3 Å². The van der Waals surface area contributed by atoms with E-state index in [1.54, 1.807) is 18.0 Å². The zero-order chi connectivity index (χ0) is 18.6. The number of anilines is 2. The molecule has 1 N–H and O–H groups in total. The monoisotopic (exact) mass is 383 g/mol. The van der Waals surface area contributed by atoms with Gasteiger partial charge in [0.1, 0.15) is 5.82 Å². The van der Waals surface area contributed by atoms with Gasteiger partial charge in [0.15, 0.2) is 0 Å². The van der Waals surface area contributed by atoms with Gasteiger partial charge in [-0.2, -0.15) is 4.31 Å². The molecule has 2 aliphatic heterocycles. The van der Waals surface area contributed by atoms with Crippen molar-refractivity contribution in [3.8, 4) is 0 Å². The van der Waals surface area contributed by atoms with Crippen LogP contribution in [0.25, 0.3) is 0 Å². The van der Waals surface area contributed by atoms with Gasteiger partial charge in [-0.15, -0.1) is 0 Å². The second-order valence-electron chi connectivity index (χ2n) is 6.22. The van der Waals surface area contributed by atoms with Crippen LogP contribution in [0.5, 0.6) is 0 Å². The summed E-state index contributed by atoms with van der Waals surface area (Å²) in [4.78, 5) is 20.5. The molecule has 2 saturated heterocycles. The predicted octanol–water partition coefficient (Wildman–Crippen LogP) is 0.417. The number of amides is 2. The normalized spacial score (nSPS) is 19.4. The van der Waals surface area contributed by atoms with Gasteiger partial charge in [0.2, 0.25) is 10.0 Å². The number of hydrogen-bond acceptors (Lipinski definition) is 6. The van der Waals surface area contributed by atoms with Crippen molar-refractivity contribution in [3.05, 3.63) is 18.3 Å². The maximum atomic E-state index is 12.4. The number of rotatable bonds is 4. The molecule has 0 spiro atoms. The van der Waals surface area contributed by atoms with Crippen molar-refractivity contribution in [2.75, 3.05) is 68.5 Å². The first kappa shape index (κ1) is 18.9. The van der Waals surface area contributed by atoms with Gasteiger partial charge < -0.3 is 19.9 Å². The van der Waals surface area contributed by atoms with Gasteiger partial charge in [-0.3, -0.25) is 0 Å². The molecule has 0 aromatic carbocycles. The number of carbonyl (C=O) groups excluding carboxylic acids is 1. The fraction of sp³-hybridized carbons (Fsp3) is 0.625. The van der Waals surface area contributed by atoms with E-state index in [9.17, 15) is 13.2 Å². The lowest BCUT2D eigenvalue weighted by Gasteiger charge is -2.33. The van der Waals surface area contributed by atoms with Gasteiger partial charge in [-0.05, 0) is 19.1 Å². The highest BCUT2D eigenvalue weighted by Gasteiger charge is 2.27. The van der Waals surface area contributed by atoms with Crippen LogP contribution in [0.1, 0.15) is 6.92 Å². The average molecular weight is 383 g/mol. The molecule has 0 saturated carbocycles. The number of nitrogens with one attached hydrogen (secondary N) is 1. The first-order valence-electron chi connectivity index (χ1n) is 8.82. The van der Waals surface area contributed by atoms with Crippen molar-refractivity contribution < 1.29 is 17.9 Å². The van der Waals surface area contributed by atoms with Crippen molar-refractivity contribution in [3.63, 3.8) is 0 Å². The van der Waals surface area contributed by atoms with Crippen LogP contribution in [0.2, 0.25) is 0 Å². The lowest BCUT2D eigenvalue weighted by atomic mass is 10.3. The first-order valence-corrected chi connectivity index (χ1v) is 10.4. The van der Waals surface area contributed by atoms with Gasteiger partial charge in [-0.1, -0.05) is 0 Å². The Kier molecular flexibility index (Phi) is 5.94. The molecule has 10 heteroatoms. The number of pyridine rings is 1. The number of carbonyl (C=O) groups is 1. The van der Waals surface area contributed by atoms with E-state index < -0.39 is 10.0 Å². The first-order chi connectivity index (χ1) is 12.5. The zero-order valence-corrected chi connectivity index (χ0v) is 15.7. The van der Waals surface area contributed by atoms with E-state index in [2.05, 4.69) is 15.2 Å². The standard InChI is InChI=1S/C16H25N5O4S/c1-2-26(23,24)21-7-5-20(6-8-21)16(22)18-14-3-4-15(17-13-14)19-9-11-25-12-10-19/h3-4,13H,2,5-12H2,1H3,(H,18,22). The Labute approximate surface area is 154 Å². The minimum absolute atomic E-state index is 0.0837. The molecule has 3 heterocycles. The van der Waals surface area contributed by atoms with E-state index in [0.29, 0.717) is 45.1 Å². The molecule has 1 aromatic rings. The molecular weight excluding hydrogens is 358 g/mol. The summed E-state index contributed by atoms with van der Waals surface area (Å²) in [6.07, 6.45) is 1.64. The molecule has 1 aromatic heterocycles. The quantitative estimate of drug-likeness (QED) is 0.810. The number of nitrogens with zero attached hydrogens (tertiary/aromatic N) is 4. The molecule has 2 amide bonds. The maximum absolute atomic E-state index is 12.4. The van der Waals surface area contributed by atoms with E-state index in [4.69, 9.17) is 4.74 Å². The molecular formula is C16H25N5O4S. The molecule has 144 valence electrons. The fourth-order valence-corrected chi connectivity index (χ4v) is 4.08. The van der Waals surface area contributed by atoms with Crippen LogP contribution in [-0.2, 0) is 14.8 Å². The summed E-state index contributed by atoms with van der Waals surface area (Å²) in [6.45, 7) is 6.05. The zero-order valence-electron chi connectivity index (χ0n) is 14.9. The largest absolute Gasteiger partial charge is 0.378 e. The van der Waals surface area contributed by atoms with Gasteiger partial charge >= 0.3 is 6.03 Å². The van der Waals surface area contributed by atoms with Gasteiger partial charge in [-0.25, -0.2) is 18.2 Å². The minimum Gasteiger partial charge on any atom is -0.378 e. The summed E-state index contributed by atoms with van der Waals surface area (Å²) in [7, 11) is -3.19. The number of piperazine rings is 1. The predicted molar refractivity (Wildman–Crippen MR) is 98.9 cm³/mol. The molecule has 0 bridgehead atoms. The van der Waals surface area contributed by atoms with E-state index in [1.165, 1.54) is 4.31 Å². The lowest BCUT2D eigenvalue weighted by Crippen LogP contribution is -2.51. The number of ether oxygens (including phenoxy) is 1. The fourth-order valence-electron chi connectivity index (χ4n) is 2.99. The average Bonchev–Trinajstić information content (AvgIpc) is 2.69. The maximum Gasteiger partial charge on any atom is 0.321 e. The molecule has 0 aliphatic carbocycles. The van der Waals surface area contributed by atoms with E-state index in [1.807, 2.05) is 12.1 Å². The van der Waals surface area contributed by atoms with Crippen LogP contribution < -0.4 is 10.2 Å². The van der Waals surface area contributed by atoms with Crippen molar-refractivity contribution in [2.24, 2.45) is 0 Å². The Hall–Kier alpha value is -1.91. The molecule has 0 unspecified atom stereocenters. The van der Waals surface area contributed by atoms with Crippen molar-refractivity contribution in [2.45, 2.75) is 6.92 Å². The number of hydrogen-bond donors (Lipinski definition) is 1. The molecule has 26 heavy (non-hydrogen) atoms. The Morgan fingerprint density at radius 2 is 1.85 bits per heavy atom. The number of urea groups is 1. The topological polar surface area (TPSA) is 95.1 Å². The van der Waals surface area contributed by atoms with Gasteiger partial charge in [0.25, 0.3) is 0 Å². The van der Waals surface area contributed by atoms with Crippen LogP contribution in [0, 0.1) is 0 Å². The van der Waals surface area contributed by atoms with Crippen LogP contribution in [0.15, 0.2) is 18.3 Å². The number of morpholine rings is 1. The summed E-state index contributed by atoms with van der Waals surface area (Å²) in [6, 6.07) is 3.47. The summed E-state index contributed by atoms with van der Waals surface area (Å²) in [5.74, 6) is 0.949. The van der Waals surface area contributed by atoms with Crippen molar-refractivity contribution >= 4 is 27.6 Å².